The quantitative estimate of drug-likeness (QED) is 0.509. The third-order valence-electron chi connectivity index (χ3n) is 2.74. The molecule has 2 heterocycles. The van der Waals surface area contributed by atoms with Crippen LogP contribution in [0.15, 0.2) is 42.7 Å². The first-order chi connectivity index (χ1) is 8.81. The SMILES string of the molecule is ClCc1nc2cnccc2n1-c1ccccc1I. The lowest BCUT2D eigenvalue weighted by atomic mass is 10.3. The van der Waals surface area contributed by atoms with Gasteiger partial charge >= 0.3 is 0 Å². The lowest BCUT2D eigenvalue weighted by Gasteiger charge is -2.09. The van der Waals surface area contributed by atoms with Crippen LogP contribution >= 0.6 is 34.2 Å². The number of alkyl halides is 1. The van der Waals surface area contributed by atoms with Crippen LogP contribution < -0.4 is 0 Å². The van der Waals surface area contributed by atoms with Gasteiger partial charge < -0.3 is 0 Å². The molecule has 3 nitrogen and oxygen atoms in total. The zero-order chi connectivity index (χ0) is 12.5. The van der Waals surface area contributed by atoms with E-state index in [1.54, 1.807) is 12.4 Å². The van der Waals surface area contributed by atoms with Gasteiger partial charge in [0, 0.05) is 9.77 Å². The monoisotopic (exact) mass is 369 g/mol. The molecule has 90 valence electrons. The Kier molecular flexibility index (Phi) is 3.22. The normalized spacial score (nSPS) is 11.0. The summed E-state index contributed by atoms with van der Waals surface area (Å²) in [6.07, 6.45) is 3.53. The van der Waals surface area contributed by atoms with E-state index in [4.69, 9.17) is 11.6 Å². The number of halogens is 2. The van der Waals surface area contributed by atoms with Crippen molar-refractivity contribution in [2.75, 3.05) is 0 Å². The van der Waals surface area contributed by atoms with Crippen LogP contribution in [0.5, 0.6) is 0 Å². The molecule has 0 fully saturated rings. The van der Waals surface area contributed by atoms with Gasteiger partial charge in [0.25, 0.3) is 0 Å². The highest BCUT2D eigenvalue weighted by Gasteiger charge is 2.13. The Morgan fingerprint density at radius 2 is 2.06 bits per heavy atom. The number of fused-ring (bicyclic) bond motifs is 1. The van der Waals surface area contributed by atoms with Crippen molar-refractivity contribution in [1.82, 2.24) is 14.5 Å². The fourth-order valence-corrected chi connectivity index (χ4v) is 2.78. The molecule has 2 aromatic heterocycles. The Bertz CT molecular complexity index is 708. The molecule has 1 aromatic carbocycles. The van der Waals surface area contributed by atoms with Gasteiger partial charge in [0.2, 0.25) is 0 Å². The van der Waals surface area contributed by atoms with E-state index in [2.05, 4.69) is 49.3 Å². The number of rotatable bonds is 2. The molecule has 18 heavy (non-hydrogen) atoms. The lowest BCUT2D eigenvalue weighted by Crippen LogP contribution is -2.01. The fourth-order valence-electron chi connectivity index (χ4n) is 1.97. The second kappa shape index (κ2) is 4.85. The maximum atomic E-state index is 6.00. The summed E-state index contributed by atoms with van der Waals surface area (Å²) in [4.78, 5) is 8.61. The summed E-state index contributed by atoms with van der Waals surface area (Å²) >= 11 is 8.32. The van der Waals surface area contributed by atoms with Crippen molar-refractivity contribution >= 4 is 45.2 Å². The molecule has 0 amide bonds. The maximum absolute atomic E-state index is 6.00. The van der Waals surface area contributed by atoms with Crippen molar-refractivity contribution in [3.8, 4) is 5.69 Å². The Hall–Kier alpha value is -1.14. The van der Waals surface area contributed by atoms with E-state index in [1.807, 2.05) is 18.2 Å². The van der Waals surface area contributed by atoms with Crippen molar-refractivity contribution < 1.29 is 0 Å². The lowest BCUT2D eigenvalue weighted by molar-refractivity contribution is 0.977. The van der Waals surface area contributed by atoms with Crippen LogP contribution in [0, 0.1) is 3.57 Å². The highest BCUT2D eigenvalue weighted by molar-refractivity contribution is 14.1. The Balaban J connectivity index is 2.37. The molecule has 0 aliphatic carbocycles. The first-order valence-corrected chi connectivity index (χ1v) is 7.05. The zero-order valence-electron chi connectivity index (χ0n) is 9.35. The van der Waals surface area contributed by atoms with Crippen LogP contribution in [-0.4, -0.2) is 14.5 Å². The molecule has 0 N–H and O–H groups in total. The second-order valence-corrected chi connectivity index (χ2v) is 5.24. The number of hydrogen-bond donors (Lipinski definition) is 0. The minimum absolute atomic E-state index is 0.375. The van der Waals surface area contributed by atoms with Crippen molar-refractivity contribution in [2.45, 2.75) is 5.88 Å². The molecule has 0 bridgehead atoms. The largest absolute Gasteiger partial charge is 0.294 e. The van der Waals surface area contributed by atoms with Crippen LogP contribution in [0.25, 0.3) is 16.7 Å². The smallest absolute Gasteiger partial charge is 0.129 e. The molecule has 5 heteroatoms. The summed E-state index contributed by atoms with van der Waals surface area (Å²) in [7, 11) is 0. The van der Waals surface area contributed by atoms with Crippen LogP contribution in [-0.2, 0) is 5.88 Å². The van der Waals surface area contributed by atoms with E-state index in [9.17, 15) is 0 Å². The van der Waals surface area contributed by atoms with E-state index in [1.165, 1.54) is 0 Å². The standard InChI is InChI=1S/C13H9ClIN3/c14-7-13-17-10-8-16-6-5-12(10)18(13)11-4-2-1-3-9(11)15/h1-6,8H,7H2. The molecular formula is C13H9ClIN3. The number of nitrogens with zero attached hydrogens (tertiary/aromatic N) is 3. The van der Waals surface area contributed by atoms with Crippen molar-refractivity contribution in [3.63, 3.8) is 0 Å². The molecular weight excluding hydrogens is 361 g/mol. The van der Waals surface area contributed by atoms with Crippen LogP contribution in [0.3, 0.4) is 0 Å². The van der Waals surface area contributed by atoms with E-state index >= 15 is 0 Å². The molecule has 0 radical (unpaired) electrons. The summed E-state index contributed by atoms with van der Waals surface area (Å²) in [6.45, 7) is 0. The van der Waals surface area contributed by atoms with Gasteiger partial charge in [0.05, 0.1) is 23.3 Å². The number of aromatic nitrogens is 3. The summed E-state index contributed by atoms with van der Waals surface area (Å²) < 4.78 is 3.25. The van der Waals surface area contributed by atoms with Gasteiger partial charge in [-0.3, -0.25) is 9.55 Å². The number of benzene rings is 1. The predicted octanol–water partition coefficient (Wildman–Crippen LogP) is 3.76. The summed E-state index contributed by atoms with van der Waals surface area (Å²) in [5.74, 6) is 1.21. The molecule has 0 atom stereocenters. The first-order valence-electron chi connectivity index (χ1n) is 5.43. The van der Waals surface area contributed by atoms with Crippen molar-refractivity contribution in [1.29, 1.82) is 0 Å². The number of hydrogen-bond acceptors (Lipinski definition) is 2. The molecule has 3 rings (SSSR count). The molecule has 0 unspecified atom stereocenters. The molecule has 0 saturated carbocycles. The highest BCUT2D eigenvalue weighted by atomic mass is 127. The molecule has 3 aromatic rings. The topological polar surface area (TPSA) is 30.7 Å². The van der Waals surface area contributed by atoms with Gasteiger partial charge in [-0.25, -0.2) is 4.98 Å². The second-order valence-electron chi connectivity index (χ2n) is 3.81. The fraction of sp³-hybridized carbons (Fsp3) is 0.0769. The third kappa shape index (κ3) is 1.89. The molecule has 0 saturated heterocycles. The Morgan fingerprint density at radius 3 is 2.83 bits per heavy atom. The van der Waals surface area contributed by atoms with Gasteiger partial charge in [-0.15, -0.1) is 11.6 Å². The van der Waals surface area contributed by atoms with E-state index in [0.717, 1.165) is 26.1 Å². The zero-order valence-corrected chi connectivity index (χ0v) is 12.3. The van der Waals surface area contributed by atoms with E-state index in [0.29, 0.717) is 5.88 Å². The van der Waals surface area contributed by atoms with Crippen LogP contribution in [0.1, 0.15) is 5.82 Å². The van der Waals surface area contributed by atoms with Gasteiger partial charge in [-0.05, 0) is 40.8 Å². The van der Waals surface area contributed by atoms with Gasteiger partial charge in [0.15, 0.2) is 0 Å². The minimum Gasteiger partial charge on any atom is -0.294 e. The van der Waals surface area contributed by atoms with E-state index < -0.39 is 0 Å². The molecule has 0 aliphatic heterocycles. The highest BCUT2D eigenvalue weighted by Crippen LogP contribution is 2.25. The Morgan fingerprint density at radius 1 is 1.22 bits per heavy atom. The predicted molar refractivity (Wildman–Crippen MR) is 81.1 cm³/mol. The maximum Gasteiger partial charge on any atom is 0.129 e. The minimum atomic E-state index is 0.375. The van der Waals surface area contributed by atoms with Crippen LogP contribution in [0.2, 0.25) is 0 Å². The molecule has 0 spiro atoms. The average molecular weight is 370 g/mol. The van der Waals surface area contributed by atoms with Gasteiger partial charge in [0.1, 0.15) is 11.3 Å². The number of para-hydroxylation sites is 1. The molecule has 0 aliphatic rings. The Labute approximate surface area is 123 Å². The van der Waals surface area contributed by atoms with Crippen molar-refractivity contribution in [2.24, 2.45) is 0 Å². The van der Waals surface area contributed by atoms with Crippen LogP contribution in [0.4, 0.5) is 0 Å². The third-order valence-corrected chi connectivity index (χ3v) is 3.89. The van der Waals surface area contributed by atoms with E-state index in [-0.39, 0.29) is 0 Å². The summed E-state index contributed by atoms with van der Waals surface area (Å²) in [5.41, 5.74) is 3.00. The summed E-state index contributed by atoms with van der Waals surface area (Å²) in [5, 5.41) is 0. The van der Waals surface area contributed by atoms with Crippen molar-refractivity contribution in [3.05, 3.63) is 52.1 Å². The van der Waals surface area contributed by atoms with Gasteiger partial charge in [-0.1, -0.05) is 12.1 Å². The first kappa shape index (κ1) is 11.9. The number of pyridine rings is 1. The summed E-state index contributed by atoms with van der Waals surface area (Å²) in [6, 6.07) is 10.1. The number of imidazole rings is 1. The average Bonchev–Trinajstić information content (AvgIpc) is 2.78. The van der Waals surface area contributed by atoms with Gasteiger partial charge in [-0.2, -0.15) is 0 Å².